The van der Waals surface area contributed by atoms with Crippen molar-refractivity contribution in [2.45, 2.75) is 20.0 Å². The van der Waals surface area contributed by atoms with Crippen LogP contribution in [0.15, 0.2) is 24.3 Å². The van der Waals surface area contributed by atoms with Crippen molar-refractivity contribution in [2.24, 2.45) is 0 Å². The van der Waals surface area contributed by atoms with E-state index < -0.39 is 33.2 Å². The summed E-state index contributed by atoms with van der Waals surface area (Å²) < 4.78 is 14.1. The van der Waals surface area contributed by atoms with Crippen LogP contribution in [0.5, 0.6) is 11.5 Å². The summed E-state index contributed by atoms with van der Waals surface area (Å²) in [4.78, 5) is 42.4. The van der Waals surface area contributed by atoms with Gasteiger partial charge in [0.25, 0.3) is 0 Å². The lowest BCUT2D eigenvalue weighted by atomic mass is 10.2. The number of carbonyl (C=O) groups excluding carboxylic acids is 2. The number of aromatic hydroxyl groups is 1. The second kappa shape index (κ2) is 11.8. The molecule has 0 aromatic heterocycles. The Morgan fingerprint density at radius 3 is 1.70 bits per heavy atom. The minimum Gasteiger partial charge on any atom is -0.502 e. The number of rotatable bonds is 6. The van der Waals surface area contributed by atoms with E-state index in [1.165, 1.54) is 13.2 Å². The lowest BCUT2D eigenvalue weighted by Gasteiger charge is -2.11. The zero-order chi connectivity index (χ0) is 25.5. The van der Waals surface area contributed by atoms with Gasteiger partial charge in [-0.25, -0.2) is 9.59 Å². The van der Waals surface area contributed by atoms with E-state index in [0.29, 0.717) is 0 Å². The molecule has 2 aromatic carbocycles. The smallest absolute Gasteiger partial charge is 0.339 e. The third-order valence-electron chi connectivity index (χ3n) is 3.68. The van der Waals surface area contributed by atoms with E-state index in [1.807, 2.05) is 0 Å². The van der Waals surface area contributed by atoms with Crippen molar-refractivity contribution in [3.8, 4) is 11.5 Å². The highest BCUT2D eigenvalue weighted by Gasteiger charge is 2.23. The van der Waals surface area contributed by atoms with Gasteiger partial charge in [0, 0.05) is 24.3 Å². The van der Waals surface area contributed by atoms with Crippen LogP contribution in [0, 0.1) is 20.2 Å². The molecule has 0 amide bonds. The van der Waals surface area contributed by atoms with E-state index >= 15 is 0 Å². The largest absolute Gasteiger partial charge is 0.502 e. The van der Waals surface area contributed by atoms with Gasteiger partial charge in [0.15, 0.2) is 11.5 Å². The van der Waals surface area contributed by atoms with Crippen molar-refractivity contribution >= 4 is 46.5 Å². The molecule has 2 rings (SSSR count). The maximum Gasteiger partial charge on any atom is 0.339 e. The number of carbonyl (C=O) groups is 2. The van der Waals surface area contributed by atoms with Crippen molar-refractivity contribution in [2.75, 3.05) is 14.2 Å². The number of nitro benzene ring substituents is 2. The lowest BCUT2D eigenvalue weighted by Crippen LogP contribution is -2.09. The van der Waals surface area contributed by atoms with Gasteiger partial charge in [-0.3, -0.25) is 20.2 Å². The van der Waals surface area contributed by atoms with Crippen LogP contribution in [0.2, 0.25) is 10.0 Å². The maximum absolute atomic E-state index is 11.4. The first-order chi connectivity index (χ1) is 15.3. The second-order valence-corrected chi connectivity index (χ2v) is 7.10. The molecule has 0 unspecified atom stereocenters. The Labute approximate surface area is 196 Å². The number of nitrogens with zero attached hydrogens (tertiary/aromatic N) is 2. The standard InChI is InChI=1S/C11H12ClNO5.C8H6ClNO5/c1-6(2)18-10-5-8(12)7(11(14)17-3)4-9(10)13(15)16;1-15-8(12)4-2-6(10(13)14)7(11)3-5(4)9/h4-6H,1-3H3;2-3,11H,1H3. The summed E-state index contributed by atoms with van der Waals surface area (Å²) in [6, 6.07) is 4.08. The molecule has 14 heteroatoms. The van der Waals surface area contributed by atoms with Crippen molar-refractivity contribution in [3.63, 3.8) is 0 Å². The molecule has 0 atom stereocenters. The molecule has 0 heterocycles. The van der Waals surface area contributed by atoms with Crippen LogP contribution in [0.3, 0.4) is 0 Å². The van der Waals surface area contributed by atoms with Crippen LogP contribution in [0.4, 0.5) is 11.4 Å². The van der Waals surface area contributed by atoms with Crippen LogP contribution < -0.4 is 4.74 Å². The van der Waals surface area contributed by atoms with E-state index in [2.05, 4.69) is 9.47 Å². The molecule has 0 radical (unpaired) electrons. The van der Waals surface area contributed by atoms with Gasteiger partial charge in [0.1, 0.15) is 0 Å². The first kappa shape index (κ1) is 27.4. The third kappa shape index (κ3) is 7.19. The predicted octanol–water partition coefficient (Wildman–Crippen LogP) is 4.56. The van der Waals surface area contributed by atoms with Gasteiger partial charge in [-0.1, -0.05) is 23.2 Å². The van der Waals surface area contributed by atoms with E-state index in [9.17, 15) is 29.8 Å². The van der Waals surface area contributed by atoms with E-state index in [4.69, 9.17) is 33.0 Å². The van der Waals surface area contributed by atoms with Gasteiger partial charge < -0.3 is 19.3 Å². The molecular formula is C19H18Cl2N2O10. The average molecular weight is 505 g/mol. The Kier molecular flexibility index (Phi) is 9.82. The quantitative estimate of drug-likeness (QED) is 0.334. The molecule has 0 saturated carbocycles. The Bertz CT molecular complexity index is 1090. The van der Waals surface area contributed by atoms with Gasteiger partial charge in [0.05, 0.1) is 51.3 Å². The minimum atomic E-state index is -0.821. The predicted molar refractivity (Wildman–Crippen MR) is 116 cm³/mol. The van der Waals surface area contributed by atoms with Crippen molar-refractivity contribution in [1.82, 2.24) is 0 Å². The molecule has 178 valence electrons. The summed E-state index contributed by atoms with van der Waals surface area (Å²) >= 11 is 11.5. The van der Waals surface area contributed by atoms with Crippen molar-refractivity contribution < 1.29 is 38.8 Å². The molecule has 2 aromatic rings. The zero-order valence-corrected chi connectivity index (χ0v) is 19.2. The number of nitro groups is 2. The topological polar surface area (TPSA) is 168 Å². The van der Waals surface area contributed by atoms with Crippen LogP contribution >= 0.6 is 23.2 Å². The first-order valence-electron chi connectivity index (χ1n) is 8.82. The van der Waals surface area contributed by atoms with E-state index in [-0.39, 0.29) is 38.7 Å². The molecule has 0 bridgehead atoms. The van der Waals surface area contributed by atoms with Gasteiger partial charge in [-0.15, -0.1) is 0 Å². The molecule has 0 spiro atoms. The van der Waals surface area contributed by atoms with Crippen molar-refractivity contribution in [3.05, 3.63) is 65.7 Å². The van der Waals surface area contributed by atoms with E-state index in [1.54, 1.807) is 13.8 Å². The monoisotopic (exact) mass is 504 g/mol. The molecule has 33 heavy (non-hydrogen) atoms. The van der Waals surface area contributed by atoms with Crippen LogP contribution in [-0.2, 0) is 9.47 Å². The maximum atomic E-state index is 11.4. The Morgan fingerprint density at radius 1 is 0.879 bits per heavy atom. The van der Waals surface area contributed by atoms with Gasteiger partial charge in [0.2, 0.25) is 0 Å². The highest BCUT2D eigenvalue weighted by atomic mass is 35.5. The fraction of sp³-hybridized carbons (Fsp3) is 0.263. The summed E-state index contributed by atoms with van der Waals surface area (Å²) in [6.07, 6.45) is -0.247. The SMILES string of the molecule is COC(=O)c1cc([N+](=O)[O-])c(O)cc1Cl.COC(=O)c1cc([N+](=O)[O-])c(OC(C)C)cc1Cl. The number of halogens is 2. The fourth-order valence-corrected chi connectivity index (χ4v) is 2.73. The number of phenolic OH excluding ortho intramolecular Hbond substituents is 1. The number of ether oxygens (including phenoxy) is 3. The average Bonchev–Trinajstić information content (AvgIpc) is 2.72. The molecule has 1 N–H and O–H groups in total. The lowest BCUT2D eigenvalue weighted by molar-refractivity contribution is -0.386. The fourth-order valence-electron chi connectivity index (χ4n) is 2.26. The van der Waals surface area contributed by atoms with Crippen LogP contribution in [-0.4, -0.2) is 47.2 Å². The number of phenols is 1. The minimum absolute atomic E-state index is 0.0210. The Morgan fingerprint density at radius 2 is 1.30 bits per heavy atom. The van der Waals surface area contributed by atoms with Crippen molar-refractivity contribution in [1.29, 1.82) is 0 Å². The molecule has 0 aliphatic rings. The number of hydrogen-bond donors (Lipinski definition) is 1. The highest BCUT2D eigenvalue weighted by Crippen LogP contribution is 2.34. The number of hydrogen-bond acceptors (Lipinski definition) is 10. The van der Waals surface area contributed by atoms with Crippen LogP contribution in [0.1, 0.15) is 34.6 Å². The normalized spacial score (nSPS) is 10.0. The molecule has 0 aliphatic heterocycles. The summed E-state index contributed by atoms with van der Waals surface area (Å²) in [5.74, 6) is -2.12. The highest BCUT2D eigenvalue weighted by molar-refractivity contribution is 6.34. The number of methoxy groups -OCH3 is 2. The van der Waals surface area contributed by atoms with Gasteiger partial charge in [-0.05, 0) is 13.8 Å². The first-order valence-corrected chi connectivity index (χ1v) is 9.57. The van der Waals surface area contributed by atoms with E-state index in [0.717, 1.165) is 25.3 Å². The molecule has 0 fully saturated rings. The summed E-state index contributed by atoms with van der Waals surface area (Å²) in [5.41, 5.74) is -1.15. The van der Waals surface area contributed by atoms with Gasteiger partial charge >= 0.3 is 23.3 Å². The summed E-state index contributed by atoms with van der Waals surface area (Å²) in [7, 11) is 2.29. The molecule has 0 aliphatic carbocycles. The van der Waals surface area contributed by atoms with Gasteiger partial charge in [-0.2, -0.15) is 0 Å². The summed E-state index contributed by atoms with van der Waals surface area (Å²) in [6.45, 7) is 3.46. The molecular weight excluding hydrogens is 487 g/mol. The number of benzene rings is 2. The van der Waals surface area contributed by atoms with Crippen LogP contribution in [0.25, 0.3) is 0 Å². The zero-order valence-electron chi connectivity index (χ0n) is 17.7. The molecule has 12 nitrogen and oxygen atoms in total. The second-order valence-electron chi connectivity index (χ2n) is 6.28. The third-order valence-corrected chi connectivity index (χ3v) is 4.30. The Balaban J connectivity index is 0.000000335. The molecule has 0 saturated heterocycles. The Hall–Kier alpha value is -3.64. The summed E-state index contributed by atoms with van der Waals surface area (Å²) in [5, 5.41) is 30.5. The number of esters is 2.